The quantitative estimate of drug-likeness (QED) is 0.699. The topological polar surface area (TPSA) is 58.2 Å². The van der Waals surface area contributed by atoms with Crippen molar-refractivity contribution in [1.82, 2.24) is 14.9 Å². The predicted octanol–water partition coefficient (Wildman–Crippen LogP) is 4.06. The van der Waals surface area contributed by atoms with Crippen LogP contribution >= 0.6 is 0 Å². The fourth-order valence-electron chi connectivity index (χ4n) is 3.35. The highest BCUT2D eigenvalue weighted by Gasteiger charge is 2.20. The van der Waals surface area contributed by atoms with Gasteiger partial charge in [-0.05, 0) is 48.4 Å². The molecular formula is C22H21N3O2. The van der Waals surface area contributed by atoms with Gasteiger partial charge in [-0.15, -0.1) is 0 Å². The SMILES string of the molecule is C=CCOc1ccc(C(=O)N2CC=C(c3c[nH]c4ncccc34)CC2)cc1. The van der Waals surface area contributed by atoms with Gasteiger partial charge < -0.3 is 14.6 Å². The van der Waals surface area contributed by atoms with E-state index in [2.05, 4.69) is 28.7 Å². The Balaban J connectivity index is 1.46. The summed E-state index contributed by atoms with van der Waals surface area (Å²) in [4.78, 5) is 22.2. The first kappa shape index (κ1) is 17.1. The van der Waals surface area contributed by atoms with Crippen LogP contribution in [0.2, 0.25) is 0 Å². The Kier molecular flexibility index (Phi) is 4.75. The lowest BCUT2D eigenvalue weighted by Crippen LogP contribution is -2.34. The number of nitrogens with zero attached hydrogens (tertiary/aromatic N) is 2. The van der Waals surface area contributed by atoms with Crippen molar-refractivity contribution >= 4 is 22.5 Å². The van der Waals surface area contributed by atoms with Gasteiger partial charge in [0.2, 0.25) is 0 Å². The minimum Gasteiger partial charge on any atom is -0.490 e. The normalized spacial score (nSPS) is 14.1. The number of hydrogen-bond acceptors (Lipinski definition) is 3. The average molecular weight is 359 g/mol. The molecule has 0 spiro atoms. The molecular weight excluding hydrogens is 338 g/mol. The van der Waals surface area contributed by atoms with Crippen LogP contribution in [-0.4, -0.2) is 40.5 Å². The second-order valence-corrected chi connectivity index (χ2v) is 6.46. The molecule has 0 saturated heterocycles. The van der Waals surface area contributed by atoms with Gasteiger partial charge in [0.1, 0.15) is 18.0 Å². The molecule has 0 radical (unpaired) electrons. The molecule has 3 heterocycles. The van der Waals surface area contributed by atoms with Crippen molar-refractivity contribution in [3.63, 3.8) is 0 Å². The molecule has 1 N–H and O–H groups in total. The number of pyridine rings is 1. The van der Waals surface area contributed by atoms with Crippen LogP contribution in [0.3, 0.4) is 0 Å². The van der Waals surface area contributed by atoms with Gasteiger partial charge in [-0.1, -0.05) is 18.7 Å². The maximum atomic E-state index is 12.8. The summed E-state index contributed by atoms with van der Waals surface area (Å²) >= 11 is 0. The van der Waals surface area contributed by atoms with Gasteiger partial charge in [0, 0.05) is 42.0 Å². The van der Waals surface area contributed by atoms with Crippen LogP contribution in [0.1, 0.15) is 22.3 Å². The van der Waals surface area contributed by atoms with Crippen molar-refractivity contribution in [3.05, 3.63) is 78.6 Å². The number of carbonyl (C=O) groups excluding carboxylic acids is 1. The third kappa shape index (κ3) is 3.49. The van der Waals surface area contributed by atoms with E-state index in [9.17, 15) is 4.79 Å². The number of H-pyrrole nitrogens is 1. The van der Waals surface area contributed by atoms with Gasteiger partial charge >= 0.3 is 0 Å². The molecule has 4 rings (SSSR count). The number of benzene rings is 1. The van der Waals surface area contributed by atoms with Crippen molar-refractivity contribution < 1.29 is 9.53 Å². The molecule has 1 amide bonds. The number of rotatable bonds is 5. The monoisotopic (exact) mass is 359 g/mol. The molecule has 0 bridgehead atoms. The van der Waals surface area contributed by atoms with Gasteiger partial charge in [0.05, 0.1) is 0 Å². The predicted molar refractivity (Wildman–Crippen MR) is 107 cm³/mol. The van der Waals surface area contributed by atoms with E-state index < -0.39 is 0 Å². The number of fused-ring (bicyclic) bond motifs is 1. The zero-order chi connectivity index (χ0) is 18.6. The summed E-state index contributed by atoms with van der Waals surface area (Å²) in [5, 5.41) is 1.12. The van der Waals surface area contributed by atoms with Crippen molar-refractivity contribution in [1.29, 1.82) is 0 Å². The Morgan fingerprint density at radius 3 is 2.89 bits per heavy atom. The van der Waals surface area contributed by atoms with Crippen LogP contribution in [0, 0.1) is 0 Å². The zero-order valence-corrected chi connectivity index (χ0v) is 15.0. The van der Waals surface area contributed by atoms with Gasteiger partial charge in [-0.2, -0.15) is 0 Å². The summed E-state index contributed by atoms with van der Waals surface area (Å²) in [5.41, 5.74) is 4.00. The largest absolute Gasteiger partial charge is 0.490 e. The molecule has 1 aromatic carbocycles. The molecule has 27 heavy (non-hydrogen) atoms. The Morgan fingerprint density at radius 1 is 1.30 bits per heavy atom. The molecule has 0 unspecified atom stereocenters. The molecule has 3 aromatic rings. The second-order valence-electron chi connectivity index (χ2n) is 6.46. The molecule has 2 aromatic heterocycles. The van der Waals surface area contributed by atoms with Crippen molar-refractivity contribution in [2.24, 2.45) is 0 Å². The lowest BCUT2D eigenvalue weighted by Gasteiger charge is -2.26. The molecule has 0 atom stereocenters. The van der Waals surface area contributed by atoms with E-state index >= 15 is 0 Å². The maximum absolute atomic E-state index is 12.8. The number of aromatic nitrogens is 2. The molecule has 1 aliphatic heterocycles. The van der Waals surface area contributed by atoms with Gasteiger partial charge in [-0.3, -0.25) is 4.79 Å². The Hall–Kier alpha value is -3.34. The summed E-state index contributed by atoms with van der Waals surface area (Å²) in [6.45, 7) is 5.39. The highest BCUT2D eigenvalue weighted by molar-refractivity contribution is 5.96. The molecule has 0 aliphatic carbocycles. The molecule has 1 aliphatic rings. The minimum atomic E-state index is 0.0427. The first-order valence-electron chi connectivity index (χ1n) is 9.01. The fourth-order valence-corrected chi connectivity index (χ4v) is 3.35. The van der Waals surface area contributed by atoms with E-state index in [1.54, 1.807) is 12.3 Å². The summed E-state index contributed by atoms with van der Waals surface area (Å²) in [6, 6.07) is 11.3. The van der Waals surface area contributed by atoms with E-state index in [0.717, 1.165) is 23.2 Å². The lowest BCUT2D eigenvalue weighted by molar-refractivity contribution is 0.0773. The van der Waals surface area contributed by atoms with Gasteiger partial charge in [-0.25, -0.2) is 4.98 Å². The molecule has 0 fully saturated rings. The van der Waals surface area contributed by atoms with E-state index in [-0.39, 0.29) is 5.91 Å². The number of aromatic amines is 1. The van der Waals surface area contributed by atoms with E-state index in [1.165, 1.54) is 11.1 Å². The summed E-state index contributed by atoms with van der Waals surface area (Å²) in [6.07, 6.45) is 8.45. The minimum absolute atomic E-state index is 0.0427. The lowest BCUT2D eigenvalue weighted by atomic mass is 9.99. The number of nitrogens with one attached hydrogen (secondary N) is 1. The maximum Gasteiger partial charge on any atom is 0.254 e. The summed E-state index contributed by atoms with van der Waals surface area (Å²) < 4.78 is 5.47. The summed E-state index contributed by atoms with van der Waals surface area (Å²) in [7, 11) is 0. The van der Waals surface area contributed by atoms with E-state index in [0.29, 0.717) is 25.3 Å². The number of ether oxygens (including phenoxy) is 1. The molecule has 5 nitrogen and oxygen atoms in total. The number of hydrogen-bond donors (Lipinski definition) is 1. The zero-order valence-electron chi connectivity index (χ0n) is 15.0. The third-order valence-corrected chi connectivity index (χ3v) is 4.76. The van der Waals surface area contributed by atoms with Crippen LogP contribution in [-0.2, 0) is 0 Å². The fraction of sp³-hybridized carbons (Fsp3) is 0.182. The van der Waals surface area contributed by atoms with Crippen molar-refractivity contribution in [2.75, 3.05) is 19.7 Å². The van der Waals surface area contributed by atoms with Crippen LogP contribution in [0.5, 0.6) is 5.75 Å². The van der Waals surface area contributed by atoms with Crippen LogP contribution in [0.15, 0.2) is 67.5 Å². The summed E-state index contributed by atoms with van der Waals surface area (Å²) in [5.74, 6) is 0.779. The standard InChI is InChI=1S/C22H21N3O2/c1-2-14-27-18-7-5-17(6-8-18)22(26)25-12-9-16(10-13-25)20-15-24-21-19(20)4-3-11-23-21/h2-9,11,15H,1,10,12-14H2,(H,23,24). The number of amides is 1. The smallest absolute Gasteiger partial charge is 0.254 e. The first-order chi connectivity index (χ1) is 13.3. The van der Waals surface area contributed by atoms with Crippen LogP contribution in [0.25, 0.3) is 16.6 Å². The Morgan fingerprint density at radius 2 is 2.15 bits per heavy atom. The highest BCUT2D eigenvalue weighted by Crippen LogP contribution is 2.28. The van der Waals surface area contributed by atoms with Crippen LogP contribution in [0.4, 0.5) is 0 Å². The average Bonchev–Trinajstić information content (AvgIpc) is 3.16. The molecule has 0 saturated carbocycles. The Labute approximate surface area is 158 Å². The second kappa shape index (κ2) is 7.50. The van der Waals surface area contributed by atoms with Gasteiger partial charge in [0.25, 0.3) is 5.91 Å². The van der Waals surface area contributed by atoms with Gasteiger partial charge in [0.15, 0.2) is 0 Å². The van der Waals surface area contributed by atoms with E-state index in [4.69, 9.17) is 4.74 Å². The number of carbonyl (C=O) groups is 1. The molecule has 136 valence electrons. The highest BCUT2D eigenvalue weighted by atomic mass is 16.5. The molecule has 5 heteroatoms. The first-order valence-corrected chi connectivity index (χ1v) is 9.01. The van der Waals surface area contributed by atoms with Crippen molar-refractivity contribution in [2.45, 2.75) is 6.42 Å². The third-order valence-electron chi connectivity index (χ3n) is 4.76. The van der Waals surface area contributed by atoms with Crippen LogP contribution < -0.4 is 4.74 Å². The van der Waals surface area contributed by atoms with E-state index in [1.807, 2.05) is 41.4 Å². The van der Waals surface area contributed by atoms with Crippen molar-refractivity contribution in [3.8, 4) is 5.75 Å². The Bertz CT molecular complexity index is 1000.